The number of anilines is 2. The highest BCUT2D eigenvalue weighted by Gasteiger charge is 2.21. The van der Waals surface area contributed by atoms with Crippen molar-refractivity contribution in [2.75, 3.05) is 18.4 Å². The highest BCUT2D eigenvalue weighted by molar-refractivity contribution is 5.93. The Morgan fingerprint density at radius 2 is 1.88 bits per heavy atom. The van der Waals surface area contributed by atoms with Crippen LogP contribution in [0.5, 0.6) is 0 Å². The zero-order chi connectivity index (χ0) is 16.9. The van der Waals surface area contributed by atoms with Gasteiger partial charge in [0.25, 0.3) is 5.91 Å². The van der Waals surface area contributed by atoms with Crippen molar-refractivity contribution in [1.82, 2.24) is 14.9 Å². The maximum atomic E-state index is 12.5. The molecule has 1 fully saturated rings. The van der Waals surface area contributed by atoms with Gasteiger partial charge in [-0.15, -0.1) is 0 Å². The van der Waals surface area contributed by atoms with Crippen molar-refractivity contribution in [2.45, 2.75) is 33.1 Å². The third kappa shape index (κ3) is 3.72. The Morgan fingerprint density at radius 3 is 2.54 bits per heavy atom. The quantitative estimate of drug-likeness (QED) is 0.932. The van der Waals surface area contributed by atoms with Crippen molar-refractivity contribution in [3.63, 3.8) is 0 Å². The van der Waals surface area contributed by atoms with E-state index >= 15 is 0 Å². The zero-order valence-electron chi connectivity index (χ0n) is 14.3. The standard InChI is InChI=1S/C19H24N4O/c1-3-15-6-4-5-7-17(15)22-19-20-12-16(13-21-19)18(24)23-10-8-14(2)9-11-23/h4-7,12-14H,3,8-11H2,1-2H3,(H,20,21,22). The number of hydrogen-bond donors (Lipinski definition) is 1. The first-order chi connectivity index (χ1) is 11.7. The van der Waals surface area contributed by atoms with Gasteiger partial charge in [0.05, 0.1) is 5.56 Å². The van der Waals surface area contributed by atoms with Crippen LogP contribution in [0.4, 0.5) is 11.6 Å². The van der Waals surface area contributed by atoms with Gasteiger partial charge in [-0.05, 0) is 36.8 Å². The Bertz CT molecular complexity index is 691. The van der Waals surface area contributed by atoms with Crippen LogP contribution >= 0.6 is 0 Å². The Kier molecular flexibility index (Phi) is 5.08. The summed E-state index contributed by atoms with van der Waals surface area (Å²) in [4.78, 5) is 23.0. The van der Waals surface area contributed by atoms with Gasteiger partial charge in [0.1, 0.15) is 0 Å². The molecule has 1 amide bonds. The van der Waals surface area contributed by atoms with Crippen LogP contribution in [0.1, 0.15) is 42.6 Å². The first-order valence-corrected chi connectivity index (χ1v) is 8.63. The van der Waals surface area contributed by atoms with Crippen molar-refractivity contribution in [3.05, 3.63) is 47.8 Å². The molecule has 126 valence electrons. The zero-order valence-corrected chi connectivity index (χ0v) is 14.3. The van der Waals surface area contributed by atoms with Crippen LogP contribution in [0.15, 0.2) is 36.7 Å². The topological polar surface area (TPSA) is 58.1 Å². The second-order valence-corrected chi connectivity index (χ2v) is 6.41. The second kappa shape index (κ2) is 7.43. The summed E-state index contributed by atoms with van der Waals surface area (Å²) in [6.45, 7) is 6.00. The summed E-state index contributed by atoms with van der Waals surface area (Å²) in [6, 6.07) is 8.09. The van der Waals surface area contributed by atoms with Crippen LogP contribution in [0, 0.1) is 5.92 Å². The van der Waals surface area contributed by atoms with Crippen LogP contribution in [0.25, 0.3) is 0 Å². The predicted molar refractivity (Wildman–Crippen MR) is 95.4 cm³/mol. The number of para-hydroxylation sites is 1. The molecular weight excluding hydrogens is 300 g/mol. The number of aromatic nitrogens is 2. The largest absolute Gasteiger partial charge is 0.339 e. The Balaban J connectivity index is 1.68. The molecule has 1 N–H and O–H groups in total. The fourth-order valence-corrected chi connectivity index (χ4v) is 2.97. The monoisotopic (exact) mass is 324 g/mol. The van der Waals surface area contributed by atoms with Gasteiger partial charge in [-0.2, -0.15) is 0 Å². The lowest BCUT2D eigenvalue weighted by atomic mass is 9.99. The van der Waals surface area contributed by atoms with Crippen LogP contribution < -0.4 is 5.32 Å². The summed E-state index contributed by atoms with van der Waals surface area (Å²) in [5.41, 5.74) is 2.77. The van der Waals surface area contributed by atoms with Crippen molar-refractivity contribution < 1.29 is 4.79 Å². The van der Waals surface area contributed by atoms with Crippen molar-refractivity contribution >= 4 is 17.5 Å². The molecule has 1 saturated heterocycles. The molecule has 0 saturated carbocycles. The second-order valence-electron chi connectivity index (χ2n) is 6.41. The molecule has 1 aliphatic rings. The molecule has 2 aromatic rings. The van der Waals surface area contributed by atoms with Crippen LogP contribution in [0.3, 0.4) is 0 Å². The molecule has 0 aliphatic carbocycles. The molecule has 5 nitrogen and oxygen atoms in total. The number of carbonyl (C=O) groups excluding carboxylic acids is 1. The summed E-state index contributed by atoms with van der Waals surface area (Å²) in [5, 5.41) is 3.23. The first-order valence-electron chi connectivity index (χ1n) is 8.63. The van der Waals surface area contributed by atoms with Gasteiger partial charge in [-0.1, -0.05) is 32.0 Å². The van der Waals surface area contributed by atoms with E-state index in [1.807, 2.05) is 23.1 Å². The fourth-order valence-electron chi connectivity index (χ4n) is 2.97. The summed E-state index contributed by atoms with van der Waals surface area (Å²) < 4.78 is 0. The molecule has 0 bridgehead atoms. The van der Waals surface area contributed by atoms with Gasteiger partial charge < -0.3 is 10.2 Å². The minimum absolute atomic E-state index is 0.0300. The number of aryl methyl sites for hydroxylation is 1. The van der Waals surface area contributed by atoms with Crippen molar-refractivity contribution in [3.8, 4) is 0 Å². The van der Waals surface area contributed by atoms with E-state index in [0.29, 0.717) is 17.4 Å². The number of carbonyl (C=O) groups is 1. The molecule has 0 unspecified atom stereocenters. The molecular formula is C19H24N4O. The van der Waals surface area contributed by atoms with Gasteiger partial charge in [0, 0.05) is 31.2 Å². The first kappa shape index (κ1) is 16.4. The normalized spacial score (nSPS) is 15.3. The Morgan fingerprint density at radius 1 is 1.21 bits per heavy atom. The third-order valence-corrected chi connectivity index (χ3v) is 4.61. The lowest BCUT2D eigenvalue weighted by Crippen LogP contribution is -2.38. The van der Waals surface area contributed by atoms with E-state index < -0.39 is 0 Å². The van der Waals surface area contributed by atoms with Crippen LogP contribution in [-0.4, -0.2) is 33.9 Å². The van der Waals surface area contributed by atoms with Gasteiger partial charge in [-0.3, -0.25) is 4.79 Å². The van der Waals surface area contributed by atoms with Crippen LogP contribution in [0.2, 0.25) is 0 Å². The highest BCUT2D eigenvalue weighted by atomic mass is 16.2. The Hall–Kier alpha value is -2.43. The summed E-state index contributed by atoms with van der Waals surface area (Å²) in [5.74, 6) is 1.25. The summed E-state index contributed by atoms with van der Waals surface area (Å²) >= 11 is 0. The number of piperidine rings is 1. The highest BCUT2D eigenvalue weighted by Crippen LogP contribution is 2.20. The average Bonchev–Trinajstić information content (AvgIpc) is 2.63. The molecule has 1 aromatic carbocycles. The van der Waals surface area contributed by atoms with E-state index in [9.17, 15) is 4.79 Å². The van der Waals surface area contributed by atoms with Crippen molar-refractivity contribution in [2.24, 2.45) is 5.92 Å². The van der Waals surface area contributed by atoms with Crippen LogP contribution in [-0.2, 0) is 6.42 Å². The van der Waals surface area contributed by atoms with Gasteiger partial charge in [0.15, 0.2) is 0 Å². The summed E-state index contributed by atoms with van der Waals surface area (Å²) in [7, 11) is 0. The predicted octanol–water partition coefficient (Wildman–Crippen LogP) is 3.65. The Labute approximate surface area is 143 Å². The molecule has 24 heavy (non-hydrogen) atoms. The van der Waals surface area contributed by atoms with Gasteiger partial charge in [-0.25, -0.2) is 9.97 Å². The van der Waals surface area contributed by atoms with Crippen molar-refractivity contribution in [1.29, 1.82) is 0 Å². The number of benzene rings is 1. The number of nitrogens with one attached hydrogen (secondary N) is 1. The van der Waals surface area contributed by atoms with E-state index in [1.165, 1.54) is 5.56 Å². The minimum atomic E-state index is 0.0300. The van der Waals surface area contributed by atoms with E-state index in [2.05, 4.69) is 35.2 Å². The van der Waals surface area contributed by atoms with E-state index in [4.69, 9.17) is 0 Å². The maximum Gasteiger partial charge on any atom is 0.256 e. The average molecular weight is 324 g/mol. The molecule has 5 heteroatoms. The molecule has 2 heterocycles. The smallest absolute Gasteiger partial charge is 0.256 e. The number of likely N-dealkylation sites (tertiary alicyclic amines) is 1. The summed E-state index contributed by atoms with van der Waals surface area (Å²) in [6.07, 6.45) is 6.31. The van der Waals surface area contributed by atoms with E-state index in [1.54, 1.807) is 12.4 Å². The van der Waals surface area contributed by atoms with Gasteiger partial charge >= 0.3 is 0 Å². The SMILES string of the molecule is CCc1ccccc1Nc1ncc(C(=O)N2CCC(C)CC2)cn1. The fraction of sp³-hybridized carbons (Fsp3) is 0.421. The lowest BCUT2D eigenvalue weighted by molar-refractivity contribution is 0.0696. The molecule has 3 rings (SSSR count). The van der Waals surface area contributed by atoms with Gasteiger partial charge in [0.2, 0.25) is 5.95 Å². The van der Waals surface area contributed by atoms with E-state index in [0.717, 1.165) is 38.0 Å². The third-order valence-electron chi connectivity index (χ3n) is 4.61. The lowest BCUT2D eigenvalue weighted by Gasteiger charge is -2.30. The molecule has 0 spiro atoms. The molecule has 1 aliphatic heterocycles. The minimum Gasteiger partial charge on any atom is -0.339 e. The van der Waals surface area contributed by atoms with E-state index in [-0.39, 0.29) is 5.91 Å². The number of rotatable bonds is 4. The number of amides is 1. The maximum absolute atomic E-state index is 12.5. The molecule has 0 radical (unpaired) electrons. The number of nitrogens with zero attached hydrogens (tertiary/aromatic N) is 3. The number of hydrogen-bond acceptors (Lipinski definition) is 4. The molecule has 0 atom stereocenters. The molecule has 1 aromatic heterocycles.